The quantitative estimate of drug-likeness (QED) is 0.582. The summed E-state index contributed by atoms with van der Waals surface area (Å²) >= 11 is 0. The van der Waals surface area contributed by atoms with Crippen molar-refractivity contribution in [1.29, 1.82) is 0 Å². The van der Waals surface area contributed by atoms with Crippen LogP contribution in [0, 0.1) is 0 Å². The van der Waals surface area contributed by atoms with Crippen molar-refractivity contribution < 1.29 is 19.4 Å². The van der Waals surface area contributed by atoms with Crippen molar-refractivity contribution in [3.63, 3.8) is 0 Å². The van der Waals surface area contributed by atoms with Gasteiger partial charge in [-0.05, 0) is 19.1 Å². The lowest BCUT2D eigenvalue weighted by Crippen LogP contribution is -2.27. The molecule has 1 rings (SSSR count). The van der Waals surface area contributed by atoms with Crippen molar-refractivity contribution in [3.8, 4) is 11.5 Å². The predicted molar refractivity (Wildman–Crippen MR) is 72.6 cm³/mol. The molecule has 0 aliphatic carbocycles. The molecule has 1 amide bonds. The molecule has 0 heterocycles. The maximum Gasteiger partial charge on any atom is 0.255 e. The molecule has 0 atom stereocenters. The lowest BCUT2D eigenvalue weighted by molar-refractivity contribution is 0.0923. The predicted octanol–water partition coefficient (Wildman–Crippen LogP) is 1.72. The van der Waals surface area contributed by atoms with Crippen molar-refractivity contribution in [2.75, 3.05) is 26.9 Å². The van der Waals surface area contributed by atoms with Gasteiger partial charge >= 0.3 is 0 Å². The number of amides is 1. The number of carbonyl (C=O) groups excluding carboxylic acids is 1. The molecule has 0 radical (unpaired) electrons. The van der Waals surface area contributed by atoms with E-state index in [1.165, 1.54) is 13.2 Å². The SMILES string of the molecule is C=C(C)COCCNC(=O)c1cccc(OC)c1O. The zero-order valence-corrected chi connectivity index (χ0v) is 11.2. The normalized spacial score (nSPS) is 10.0. The Morgan fingerprint density at radius 3 is 2.84 bits per heavy atom. The first-order chi connectivity index (χ1) is 9.06. The molecule has 0 fully saturated rings. The van der Waals surface area contributed by atoms with Crippen LogP contribution < -0.4 is 10.1 Å². The van der Waals surface area contributed by atoms with E-state index in [1.54, 1.807) is 12.1 Å². The number of benzene rings is 1. The van der Waals surface area contributed by atoms with Gasteiger partial charge in [-0.3, -0.25) is 4.79 Å². The van der Waals surface area contributed by atoms with Crippen LogP contribution in [0.15, 0.2) is 30.4 Å². The Bertz CT molecular complexity index is 457. The summed E-state index contributed by atoms with van der Waals surface area (Å²) in [5.74, 6) is -0.258. The molecular weight excluding hydrogens is 246 g/mol. The highest BCUT2D eigenvalue weighted by Crippen LogP contribution is 2.28. The fourth-order valence-electron chi connectivity index (χ4n) is 1.45. The molecule has 0 aromatic heterocycles. The minimum absolute atomic E-state index is 0.162. The Kier molecular flexibility index (Phi) is 5.89. The number of ether oxygens (including phenoxy) is 2. The van der Waals surface area contributed by atoms with Crippen LogP contribution in [-0.4, -0.2) is 37.9 Å². The molecule has 0 unspecified atom stereocenters. The van der Waals surface area contributed by atoms with Gasteiger partial charge in [-0.1, -0.05) is 18.2 Å². The van der Waals surface area contributed by atoms with Gasteiger partial charge in [0.25, 0.3) is 5.91 Å². The Labute approximate surface area is 112 Å². The van der Waals surface area contributed by atoms with Gasteiger partial charge in [0, 0.05) is 6.54 Å². The van der Waals surface area contributed by atoms with Gasteiger partial charge in [0.2, 0.25) is 0 Å². The van der Waals surface area contributed by atoms with E-state index >= 15 is 0 Å². The van der Waals surface area contributed by atoms with Crippen molar-refractivity contribution in [3.05, 3.63) is 35.9 Å². The Morgan fingerprint density at radius 2 is 2.21 bits per heavy atom. The van der Waals surface area contributed by atoms with Gasteiger partial charge in [0.1, 0.15) is 0 Å². The number of hydrogen-bond donors (Lipinski definition) is 2. The summed E-state index contributed by atoms with van der Waals surface area (Å²) in [5, 5.41) is 12.5. The first-order valence-electron chi connectivity index (χ1n) is 5.92. The van der Waals surface area contributed by atoms with E-state index in [0.29, 0.717) is 19.8 Å². The molecule has 19 heavy (non-hydrogen) atoms. The minimum Gasteiger partial charge on any atom is -0.504 e. The zero-order valence-electron chi connectivity index (χ0n) is 11.2. The summed E-state index contributed by atoms with van der Waals surface area (Å²) in [6.07, 6.45) is 0. The smallest absolute Gasteiger partial charge is 0.255 e. The second-order valence-electron chi connectivity index (χ2n) is 4.12. The monoisotopic (exact) mass is 265 g/mol. The summed E-state index contributed by atoms with van der Waals surface area (Å²) in [4.78, 5) is 11.8. The second kappa shape index (κ2) is 7.43. The van der Waals surface area contributed by atoms with E-state index < -0.39 is 0 Å². The summed E-state index contributed by atoms with van der Waals surface area (Å²) in [6.45, 7) is 6.80. The van der Waals surface area contributed by atoms with E-state index in [2.05, 4.69) is 11.9 Å². The third kappa shape index (κ3) is 4.63. The lowest BCUT2D eigenvalue weighted by Gasteiger charge is -2.09. The maximum absolute atomic E-state index is 11.8. The average molecular weight is 265 g/mol. The van der Waals surface area contributed by atoms with Gasteiger partial charge in [-0.25, -0.2) is 0 Å². The molecule has 2 N–H and O–H groups in total. The van der Waals surface area contributed by atoms with Gasteiger partial charge in [0.05, 0.1) is 25.9 Å². The number of phenolic OH excluding ortho intramolecular Hbond substituents is 1. The van der Waals surface area contributed by atoms with Gasteiger partial charge in [0.15, 0.2) is 11.5 Å². The van der Waals surface area contributed by atoms with E-state index in [1.807, 2.05) is 6.92 Å². The van der Waals surface area contributed by atoms with E-state index in [9.17, 15) is 9.90 Å². The number of methoxy groups -OCH3 is 1. The molecule has 5 heteroatoms. The van der Waals surface area contributed by atoms with Gasteiger partial charge < -0.3 is 19.9 Å². The summed E-state index contributed by atoms with van der Waals surface area (Å²) in [7, 11) is 1.43. The van der Waals surface area contributed by atoms with Crippen LogP contribution in [0.5, 0.6) is 11.5 Å². The van der Waals surface area contributed by atoms with Crippen LogP contribution in [0.2, 0.25) is 0 Å². The van der Waals surface area contributed by atoms with Crippen molar-refractivity contribution in [2.45, 2.75) is 6.92 Å². The van der Waals surface area contributed by atoms with Gasteiger partial charge in [-0.15, -0.1) is 0 Å². The van der Waals surface area contributed by atoms with Crippen LogP contribution in [0.3, 0.4) is 0 Å². The largest absolute Gasteiger partial charge is 0.504 e. The zero-order chi connectivity index (χ0) is 14.3. The van der Waals surface area contributed by atoms with Crippen LogP contribution >= 0.6 is 0 Å². The lowest BCUT2D eigenvalue weighted by atomic mass is 10.1. The van der Waals surface area contributed by atoms with Crippen LogP contribution in [0.25, 0.3) is 0 Å². The first-order valence-corrected chi connectivity index (χ1v) is 5.92. The Hall–Kier alpha value is -2.01. The van der Waals surface area contributed by atoms with E-state index in [4.69, 9.17) is 9.47 Å². The summed E-state index contributed by atoms with van der Waals surface area (Å²) in [6, 6.07) is 4.76. The van der Waals surface area contributed by atoms with Crippen LogP contribution in [0.4, 0.5) is 0 Å². The molecule has 5 nitrogen and oxygen atoms in total. The highest BCUT2D eigenvalue weighted by Gasteiger charge is 2.13. The molecule has 104 valence electrons. The standard InChI is InChI=1S/C14H19NO4/c1-10(2)9-19-8-7-15-14(17)11-5-4-6-12(18-3)13(11)16/h4-6,16H,1,7-9H2,2-3H3,(H,15,17). The van der Waals surface area contributed by atoms with Crippen molar-refractivity contribution in [2.24, 2.45) is 0 Å². The maximum atomic E-state index is 11.8. The minimum atomic E-state index is -0.365. The molecule has 0 aliphatic heterocycles. The highest BCUT2D eigenvalue weighted by molar-refractivity contribution is 5.97. The number of aromatic hydroxyl groups is 1. The molecule has 0 saturated heterocycles. The van der Waals surface area contributed by atoms with Crippen LogP contribution in [-0.2, 0) is 4.74 Å². The van der Waals surface area contributed by atoms with E-state index in [0.717, 1.165) is 5.57 Å². The topological polar surface area (TPSA) is 67.8 Å². The fourth-order valence-corrected chi connectivity index (χ4v) is 1.45. The van der Waals surface area contributed by atoms with E-state index in [-0.39, 0.29) is 23.0 Å². The Balaban J connectivity index is 2.48. The summed E-state index contributed by atoms with van der Waals surface area (Å²) in [5.41, 5.74) is 1.11. The highest BCUT2D eigenvalue weighted by atomic mass is 16.5. The molecule has 0 spiro atoms. The van der Waals surface area contributed by atoms with Gasteiger partial charge in [-0.2, -0.15) is 0 Å². The number of nitrogens with one attached hydrogen (secondary N) is 1. The number of rotatable bonds is 7. The Morgan fingerprint density at radius 1 is 1.47 bits per heavy atom. The number of hydrogen-bond acceptors (Lipinski definition) is 4. The first kappa shape index (κ1) is 15.0. The molecule has 1 aromatic carbocycles. The molecule has 0 saturated carbocycles. The fraction of sp³-hybridized carbons (Fsp3) is 0.357. The van der Waals surface area contributed by atoms with Crippen LogP contribution in [0.1, 0.15) is 17.3 Å². The molecular formula is C14H19NO4. The summed E-state index contributed by atoms with van der Waals surface area (Å²) < 4.78 is 10.2. The van der Waals surface area contributed by atoms with Crippen molar-refractivity contribution >= 4 is 5.91 Å². The number of phenols is 1. The molecule has 0 aliphatic rings. The third-order valence-electron chi connectivity index (χ3n) is 2.34. The number of para-hydroxylation sites is 1. The molecule has 0 bridgehead atoms. The number of carbonyl (C=O) groups is 1. The van der Waals surface area contributed by atoms with Crippen molar-refractivity contribution in [1.82, 2.24) is 5.32 Å². The second-order valence-corrected chi connectivity index (χ2v) is 4.12. The third-order valence-corrected chi connectivity index (χ3v) is 2.34. The molecule has 1 aromatic rings. The average Bonchev–Trinajstić information content (AvgIpc) is 2.38.